The zero-order valence-electron chi connectivity index (χ0n) is 13.0. The van der Waals surface area contributed by atoms with E-state index in [1.54, 1.807) is 7.05 Å². The summed E-state index contributed by atoms with van der Waals surface area (Å²) in [5.74, 6) is 0. The standard InChI is InChI=1S/C15H26FN3O/c1-11(2)12(3)18-14(17-4)20-10-15-6-5-7-19(15)9-13(16)8-15/h13H,5-10H2,1-4H3,(H,17,18)/t13-,15+/m1/s1. The van der Waals surface area contributed by atoms with Crippen molar-refractivity contribution in [1.29, 1.82) is 0 Å². The predicted molar refractivity (Wildman–Crippen MR) is 79.5 cm³/mol. The van der Waals surface area contributed by atoms with Gasteiger partial charge in [-0.25, -0.2) is 9.38 Å². The fourth-order valence-electron chi connectivity index (χ4n) is 3.08. The van der Waals surface area contributed by atoms with Gasteiger partial charge in [0.2, 0.25) is 0 Å². The molecular weight excluding hydrogens is 257 g/mol. The van der Waals surface area contributed by atoms with E-state index in [9.17, 15) is 4.39 Å². The molecule has 2 heterocycles. The summed E-state index contributed by atoms with van der Waals surface area (Å²) in [4.78, 5) is 6.68. The molecule has 0 aromatic carbocycles. The van der Waals surface area contributed by atoms with Crippen LogP contribution in [0.25, 0.3) is 0 Å². The summed E-state index contributed by atoms with van der Waals surface area (Å²) in [6.07, 6.45) is 2.03. The molecule has 2 aliphatic heterocycles. The number of aliphatic imine (C=N–C) groups is 1. The van der Waals surface area contributed by atoms with Crippen molar-refractivity contribution in [3.8, 4) is 0 Å². The highest BCUT2D eigenvalue weighted by atomic mass is 19.1. The third kappa shape index (κ3) is 3.14. The normalized spacial score (nSPS) is 30.2. The molecule has 20 heavy (non-hydrogen) atoms. The number of hydrogen-bond donors (Lipinski definition) is 1. The molecule has 4 nitrogen and oxygen atoms in total. The van der Waals surface area contributed by atoms with Gasteiger partial charge >= 0.3 is 0 Å². The van der Waals surface area contributed by atoms with E-state index < -0.39 is 6.17 Å². The molecule has 1 N–H and O–H groups in total. The summed E-state index contributed by atoms with van der Waals surface area (Å²) in [5.41, 5.74) is 1.99. The highest BCUT2D eigenvalue weighted by Gasteiger charge is 2.49. The van der Waals surface area contributed by atoms with Gasteiger partial charge in [0.1, 0.15) is 12.8 Å². The first-order chi connectivity index (χ1) is 9.47. The molecule has 0 aromatic heterocycles. The molecule has 2 saturated heterocycles. The Morgan fingerprint density at radius 1 is 1.45 bits per heavy atom. The van der Waals surface area contributed by atoms with Crippen molar-refractivity contribution in [2.75, 3.05) is 26.7 Å². The first-order valence-corrected chi connectivity index (χ1v) is 7.39. The lowest BCUT2D eigenvalue weighted by molar-refractivity contribution is 0.104. The molecule has 0 bridgehead atoms. The minimum absolute atomic E-state index is 0.115. The number of amidine groups is 1. The Kier molecular flexibility index (Phi) is 4.68. The van der Waals surface area contributed by atoms with Crippen molar-refractivity contribution in [2.24, 2.45) is 4.99 Å². The van der Waals surface area contributed by atoms with Crippen LogP contribution in [0.1, 0.15) is 40.0 Å². The third-order valence-corrected chi connectivity index (χ3v) is 4.45. The van der Waals surface area contributed by atoms with Crippen LogP contribution < -0.4 is 5.32 Å². The second kappa shape index (κ2) is 6.12. The average Bonchev–Trinajstić information content (AvgIpc) is 2.89. The maximum atomic E-state index is 13.7. The van der Waals surface area contributed by atoms with Crippen molar-refractivity contribution >= 4 is 6.02 Å². The van der Waals surface area contributed by atoms with Crippen LogP contribution in [-0.2, 0) is 4.74 Å². The second-order valence-corrected chi connectivity index (χ2v) is 6.12. The number of nitrogens with one attached hydrogen (secondary N) is 1. The van der Waals surface area contributed by atoms with Gasteiger partial charge in [0, 0.05) is 25.7 Å². The van der Waals surface area contributed by atoms with Crippen LogP contribution in [0, 0.1) is 0 Å². The maximum Gasteiger partial charge on any atom is 0.289 e. The molecule has 0 aliphatic carbocycles. The maximum absolute atomic E-state index is 13.7. The predicted octanol–water partition coefficient (Wildman–Crippen LogP) is 2.47. The molecule has 2 aliphatic rings. The second-order valence-electron chi connectivity index (χ2n) is 6.12. The molecule has 0 radical (unpaired) electrons. The molecule has 2 atom stereocenters. The van der Waals surface area contributed by atoms with E-state index >= 15 is 0 Å². The molecule has 0 spiro atoms. The third-order valence-electron chi connectivity index (χ3n) is 4.45. The van der Waals surface area contributed by atoms with Crippen LogP contribution in [0.2, 0.25) is 0 Å². The van der Waals surface area contributed by atoms with Crippen LogP contribution in [0.4, 0.5) is 4.39 Å². The van der Waals surface area contributed by atoms with E-state index in [1.165, 1.54) is 0 Å². The van der Waals surface area contributed by atoms with Gasteiger partial charge in [-0.15, -0.1) is 0 Å². The molecule has 114 valence electrons. The molecule has 0 amide bonds. The SMILES string of the molecule is CN/C(=N\C(C)=C(C)C)OC[C@@]12CCCN1C[C@H](F)C2. The number of alkyl halides is 1. The van der Waals surface area contributed by atoms with E-state index in [4.69, 9.17) is 4.74 Å². The Bertz CT molecular complexity index is 417. The Morgan fingerprint density at radius 2 is 2.20 bits per heavy atom. The topological polar surface area (TPSA) is 36.9 Å². The van der Waals surface area contributed by atoms with Gasteiger partial charge in [0.25, 0.3) is 6.02 Å². The smallest absolute Gasteiger partial charge is 0.289 e. The monoisotopic (exact) mass is 283 g/mol. The van der Waals surface area contributed by atoms with Gasteiger partial charge < -0.3 is 10.1 Å². The van der Waals surface area contributed by atoms with Crippen LogP contribution >= 0.6 is 0 Å². The van der Waals surface area contributed by atoms with Crippen LogP contribution in [0.5, 0.6) is 0 Å². The van der Waals surface area contributed by atoms with E-state index in [0.29, 0.717) is 25.6 Å². The Hall–Kier alpha value is -1.10. The van der Waals surface area contributed by atoms with Crippen LogP contribution in [-0.4, -0.2) is 49.4 Å². The van der Waals surface area contributed by atoms with Gasteiger partial charge in [0.05, 0.1) is 5.54 Å². The highest BCUT2D eigenvalue weighted by Crippen LogP contribution is 2.40. The lowest BCUT2D eigenvalue weighted by Crippen LogP contribution is -2.44. The minimum Gasteiger partial charge on any atom is -0.463 e. The van der Waals surface area contributed by atoms with Crippen molar-refractivity contribution in [3.63, 3.8) is 0 Å². The average molecular weight is 283 g/mol. The summed E-state index contributed by atoms with van der Waals surface area (Å²) in [7, 11) is 1.80. The van der Waals surface area contributed by atoms with Gasteiger partial charge in [-0.1, -0.05) is 5.57 Å². The Balaban J connectivity index is 2.01. The van der Waals surface area contributed by atoms with Crippen molar-refractivity contribution < 1.29 is 9.13 Å². The summed E-state index contributed by atoms with van der Waals surface area (Å²) in [5, 5.41) is 2.98. The van der Waals surface area contributed by atoms with Gasteiger partial charge in [-0.3, -0.25) is 4.90 Å². The first kappa shape index (κ1) is 15.3. The molecule has 0 saturated carbocycles. The summed E-state index contributed by atoms with van der Waals surface area (Å²) in [6.45, 7) is 8.07. The summed E-state index contributed by atoms with van der Waals surface area (Å²) < 4.78 is 19.5. The van der Waals surface area contributed by atoms with E-state index in [1.807, 2.05) is 20.8 Å². The molecule has 5 heteroatoms. The van der Waals surface area contributed by atoms with E-state index in [0.717, 1.165) is 30.7 Å². The number of allylic oxidation sites excluding steroid dienone is 2. The molecule has 2 fully saturated rings. The Labute approximate surface area is 121 Å². The number of rotatable bonds is 3. The molecule has 0 unspecified atom stereocenters. The quantitative estimate of drug-likeness (QED) is 0.638. The van der Waals surface area contributed by atoms with Crippen molar-refractivity contribution in [3.05, 3.63) is 11.3 Å². The fraction of sp³-hybridized carbons (Fsp3) is 0.800. The first-order valence-electron chi connectivity index (χ1n) is 7.39. The van der Waals surface area contributed by atoms with E-state index in [2.05, 4.69) is 15.2 Å². The van der Waals surface area contributed by atoms with Crippen LogP contribution in [0.15, 0.2) is 16.3 Å². The minimum atomic E-state index is -0.714. The van der Waals surface area contributed by atoms with E-state index in [-0.39, 0.29) is 5.54 Å². The van der Waals surface area contributed by atoms with Crippen LogP contribution in [0.3, 0.4) is 0 Å². The zero-order chi connectivity index (χ0) is 14.8. The summed E-state index contributed by atoms with van der Waals surface area (Å²) in [6, 6.07) is 0.521. The molecular formula is C15H26FN3O. The molecule has 2 rings (SSSR count). The zero-order valence-corrected chi connectivity index (χ0v) is 13.0. The number of fused-ring (bicyclic) bond motifs is 1. The van der Waals surface area contributed by atoms with Gasteiger partial charge in [-0.2, -0.15) is 0 Å². The van der Waals surface area contributed by atoms with Crippen molar-refractivity contribution in [2.45, 2.75) is 51.7 Å². The van der Waals surface area contributed by atoms with Crippen molar-refractivity contribution in [1.82, 2.24) is 10.2 Å². The number of ether oxygens (including phenoxy) is 1. The van der Waals surface area contributed by atoms with Gasteiger partial charge in [-0.05, 0) is 40.2 Å². The number of hydrogen-bond acceptors (Lipinski definition) is 3. The largest absolute Gasteiger partial charge is 0.463 e. The highest BCUT2D eigenvalue weighted by molar-refractivity contribution is 5.74. The summed E-state index contributed by atoms with van der Waals surface area (Å²) >= 11 is 0. The lowest BCUT2D eigenvalue weighted by Gasteiger charge is -2.31. The fourth-order valence-corrected chi connectivity index (χ4v) is 3.08. The molecule has 0 aromatic rings. The number of nitrogens with zero attached hydrogens (tertiary/aromatic N) is 2. The van der Waals surface area contributed by atoms with Gasteiger partial charge in [0.15, 0.2) is 0 Å². The lowest BCUT2D eigenvalue weighted by atomic mass is 9.95. The number of halogens is 1. The Morgan fingerprint density at radius 3 is 2.85 bits per heavy atom.